The number of carbonyl (C=O) groups excluding carboxylic acids is 2. The number of hydrogen-bond acceptors (Lipinski definition) is 6. The molecular formula is C26H18BrN3O5. The molecular weight excluding hydrogens is 514 g/mol. The van der Waals surface area contributed by atoms with E-state index in [1.54, 1.807) is 36.4 Å². The molecule has 1 atom stereocenters. The summed E-state index contributed by atoms with van der Waals surface area (Å²) < 4.78 is 5.81. The molecule has 1 unspecified atom stereocenters. The third-order valence-corrected chi connectivity index (χ3v) is 5.66. The molecule has 0 radical (unpaired) electrons. The number of nitro groups is 1. The predicted octanol–water partition coefficient (Wildman–Crippen LogP) is 5.84. The van der Waals surface area contributed by atoms with E-state index in [1.807, 2.05) is 30.3 Å². The van der Waals surface area contributed by atoms with Crippen LogP contribution < -0.4 is 5.32 Å². The van der Waals surface area contributed by atoms with Crippen molar-refractivity contribution in [3.8, 4) is 0 Å². The Kier molecular flexibility index (Phi) is 7.27. The zero-order valence-corrected chi connectivity index (χ0v) is 19.7. The van der Waals surface area contributed by atoms with E-state index in [4.69, 9.17) is 4.74 Å². The number of nitrogens with zero attached hydrogens (tertiary/aromatic N) is 2. The predicted molar refractivity (Wildman–Crippen MR) is 135 cm³/mol. The topological polar surface area (TPSA) is 111 Å². The van der Waals surface area contributed by atoms with E-state index in [2.05, 4.69) is 26.2 Å². The minimum atomic E-state index is -1.25. The lowest BCUT2D eigenvalue weighted by atomic mass is 10.1. The molecule has 8 nitrogen and oxygen atoms in total. The Morgan fingerprint density at radius 1 is 1.00 bits per heavy atom. The SMILES string of the molecule is O=C(/C=C/c1ccc2ccccc2n1)OC(C(=O)Nc1ccc([N+](=O)[O-])cc1Br)c1ccccc1. The molecule has 0 aliphatic carbocycles. The van der Waals surface area contributed by atoms with E-state index in [1.165, 1.54) is 30.4 Å². The van der Waals surface area contributed by atoms with Crippen LogP contribution in [-0.4, -0.2) is 21.8 Å². The van der Waals surface area contributed by atoms with Crippen molar-refractivity contribution < 1.29 is 19.2 Å². The summed E-state index contributed by atoms with van der Waals surface area (Å²) in [7, 11) is 0. The molecule has 0 saturated carbocycles. The molecule has 1 heterocycles. The number of hydrogen-bond donors (Lipinski definition) is 1. The number of nitro benzene ring substituents is 1. The molecule has 0 aliphatic rings. The second-order valence-electron chi connectivity index (χ2n) is 7.40. The Hall–Kier alpha value is -4.37. The van der Waals surface area contributed by atoms with Gasteiger partial charge in [-0.15, -0.1) is 0 Å². The van der Waals surface area contributed by atoms with Crippen molar-refractivity contribution >= 4 is 56.2 Å². The van der Waals surface area contributed by atoms with Gasteiger partial charge in [0.2, 0.25) is 6.10 Å². The van der Waals surface area contributed by atoms with E-state index in [9.17, 15) is 19.7 Å². The quantitative estimate of drug-likeness (QED) is 0.139. The van der Waals surface area contributed by atoms with Gasteiger partial charge >= 0.3 is 5.97 Å². The van der Waals surface area contributed by atoms with Gasteiger partial charge in [0.05, 0.1) is 21.8 Å². The molecule has 0 fully saturated rings. The fourth-order valence-electron chi connectivity index (χ4n) is 3.30. The monoisotopic (exact) mass is 531 g/mol. The van der Waals surface area contributed by atoms with Crippen LogP contribution in [-0.2, 0) is 14.3 Å². The molecule has 174 valence electrons. The highest BCUT2D eigenvalue weighted by Crippen LogP contribution is 2.29. The van der Waals surface area contributed by atoms with Gasteiger partial charge < -0.3 is 10.1 Å². The Morgan fingerprint density at radius 2 is 1.74 bits per heavy atom. The molecule has 35 heavy (non-hydrogen) atoms. The van der Waals surface area contributed by atoms with Crippen LogP contribution in [0.3, 0.4) is 0 Å². The van der Waals surface area contributed by atoms with E-state index < -0.39 is 22.9 Å². The number of aromatic nitrogens is 1. The Morgan fingerprint density at radius 3 is 2.49 bits per heavy atom. The first-order valence-electron chi connectivity index (χ1n) is 10.4. The van der Waals surface area contributed by atoms with Gasteiger partial charge in [-0.25, -0.2) is 9.78 Å². The van der Waals surface area contributed by atoms with Crippen LogP contribution in [0.5, 0.6) is 0 Å². The van der Waals surface area contributed by atoms with Crippen LogP contribution in [0.1, 0.15) is 17.4 Å². The van der Waals surface area contributed by atoms with E-state index in [-0.39, 0.29) is 5.69 Å². The molecule has 4 rings (SSSR count). The van der Waals surface area contributed by atoms with E-state index in [0.29, 0.717) is 21.4 Å². The number of para-hydroxylation sites is 1. The van der Waals surface area contributed by atoms with E-state index >= 15 is 0 Å². The molecule has 0 spiro atoms. The first-order chi connectivity index (χ1) is 16.9. The molecule has 1 amide bonds. The summed E-state index contributed by atoms with van der Waals surface area (Å²) in [4.78, 5) is 40.6. The Balaban J connectivity index is 1.52. The van der Waals surface area contributed by atoms with Crippen molar-refractivity contribution in [2.24, 2.45) is 0 Å². The van der Waals surface area contributed by atoms with Gasteiger partial charge in [0.25, 0.3) is 11.6 Å². The number of amides is 1. The summed E-state index contributed by atoms with van der Waals surface area (Å²) >= 11 is 3.22. The molecule has 1 aromatic heterocycles. The second kappa shape index (κ2) is 10.7. The average molecular weight is 532 g/mol. The van der Waals surface area contributed by atoms with Crippen molar-refractivity contribution in [1.82, 2.24) is 4.98 Å². The third-order valence-electron chi connectivity index (χ3n) is 5.01. The highest BCUT2D eigenvalue weighted by Gasteiger charge is 2.25. The maximum atomic E-state index is 13.1. The van der Waals surface area contributed by atoms with Crippen LogP contribution in [0.4, 0.5) is 11.4 Å². The summed E-state index contributed by atoms with van der Waals surface area (Å²) in [5.41, 5.74) is 1.99. The van der Waals surface area contributed by atoms with Crippen molar-refractivity contribution in [2.75, 3.05) is 5.32 Å². The Labute approximate surface area is 208 Å². The van der Waals surface area contributed by atoms with Crippen molar-refractivity contribution in [2.45, 2.75) is 6.10 Å². The third kappa shape index (κ3) is 5.96. The number of pyridine rings is 1. The standard InChI is InChI=1S/C26H18BrN3O5/c27-21-16-20(30(33)34)13-14-23(21)29-26(32)25(18-7-2-1-3-8-18)35-24(31)15-12-19-11-10-17-6-4-5-9-22(17)28-19/h1-16,25H,(H,29,32)/b15-12+. The van der Waals surface area contributed by atoms with Gasteiger partial charge in [0, 0.05) is 33.6 Å². The number of anilines is 1. The summed E-state index contributed by atoms with van der Waals surface area (Å²) in [6, 6.07) is 23.8. The number of benzene rings is 3. The van der Waals surface area contributed by atoms with Gasteiger partial charge in [0.1, 0.15) is 0 Å². The largest absolute Gasteiger partial charge is 0.444 e. The van der Waals surface area contributed by atoms with Gasteiger partial charge in [-0.3, -0.25) is 14.9 Å². The summed E-state index contributed by atoms with van der Waals surface area (Å²) in [6.07, 6.45) is 1.48. The normalized spacial score (nSPS) is 11.8. The van der Waals surface area contributed by atoms with Crippen molar-refractivity contribution in [3.63, 3.8) is 0 Å². The lowest BCUT2D eigenvalue weighted by molar-refractivity contribution is -0.384. The highest BCUT2D eigenvalue weighted by atomic mass is 79.9. The number of carbonyl (C=O) groups is 2. The zero-order valence-electron chi connectivity index (χ0n) is 18.1. The van der Waals surface area contributed by atoms with Gasteiger partial charge in [0.15, 0.2) is 0 Å². The molecule has 0 saturated heterocycles. The number of halogens is 1. The summed E-state index contributed by atoms with van der Waals surface area (Å²) in [5, 5.41) is 14.6. The lowest BCUT2D eigenvalue weighted by Gasteiger charge is -2.18. The number of non-ortho nitro benzene ring substituents is 1. The molecule has 4 aromatic rings. The molecule has 0 bridgehead atoms. The van der Waals surface area contributed by atoms with Crippen LogP contribution in [0.25, 0.3) is 17.0 Å². The smallest absolute Gasteiger partial charge is 0.331 e. The van der Waals surface area contributed by atoms with Gasteiger partial charge in [-0.2, -0.15) is 0 Å². The maximum absolute atomic E-state index is 13.1. The highest BCUT2D eigenvalue weighted by molar-refractivity contribution is 9.10. The van der Waals surface area contributed by atoms with Gasteiger partial charge in [-0.05, 0) is 40.2 Å². The molecule has 0 aliphatic heterocycles. The number of esters is 1. The maximum Gasteiger partial charge on any atom is 0.331 e. The fourth-order valence-corrected chi connectivity index (χ4v) is 3.77. The van der Waals surface area contributed by atoms with Gasteiger partial charge in [-0.1, -0.05) is 54.6 Å². The minimum absolute atomic E-state index is 0.131. The number of ether oxygens (including phenoxy) is 1. The molecule has 9 heteroatoms. The zero-order chi connectivity index (χ0) is 24.8. The van der Waals surface area contributed by atoms with Crippen LogP contribution in [0, 0.1) is 10.1 Å². The fraction of sp³-hybridized carbons (Fsp3) is 0.0385. The van der Waals surface area contributed by atoms with Crippen molar-refractivity contribution in [3.05, 3.63) is 117 Å². The summed E-state index contributed by atoms with van der Waals surface area (Å²) in [5.74, 6) is -1.34. The van der Waals surface area contributed by atoms with E-state index in [0.717, 1.165) is 10.9 Å². The first kappa shape index (κ1) is 23.8. The molecule has 1 N–H and O–H groups in total. The number of rotatable bonds is 7. The number of nitrogens with one attached hydrogen (secondary N) is 1. The average Bonchev–Trinajstić information content (AvgIpc) is 2.87. The van der Waals surface area contributed by atoms with Crippen LogP contribution in [0.15, 0.2) is 95.5 Å². The minimum Gasteiger partial charge on any atom is -0.444 e. The first-order valence-corrected chi connectivity index (χ1v) is 11.2. The lowest BCUT2D eigenvalue weighted by Crippen LogP contribution is -2.25. The Bertz CT molecular complexity index is 1440. The molecule has 3 aromatic carbocycles. The van der Waals surface area contributed by atoms with Crippen molar-refractivity contribution in [1.29, 1.82) is 0 Å². The number of fused-ring (bicyclic) bond motifs is 1. The van der Waals surface area contributed by atoms with Crippen LogP contribution in [0.2, 0.25) is 0 Å². The second-order valence-corrected chi connectivity index (χ2v) is 8.25. The summed E-state index contributed by atoms with van der Waals surface area (Å²) in [6.45, 7) is 0. The van der Waals surface area contributed by atoms with Crippen LogP contribution >= 0.6 is 15.9 Å².